The van der Waals surface area contributed by atoms with Gasteiger partial charge in [0.05, 0.1) is 29.8 Å². The number of carbonyl (C=O) groups excluding carboxylic acids is 1. The second-order valence-corrected chi connectivity index (χ2v) is 11.0. The average molecular weight is 493 g/mol. The van der Waals surface area contributed by atoms with Crippen LogP contribution in [0.4, 0.5) is 16.3 Å². The van der Waals surface area contributed by atoms with E-state index < -0.39 is 5.60 Å². The molecule has 0 aromatic carbocycles. The van der Waals surface area contributed by atoms with Crippen LogP contribution in [0.3, 0.4) is 0 Å². The fraction of sp³-hybridized carbons (Fsp3) is 0.577. The van der Waals surface area contributed by atoms with Crippen LogP contribution in [0.25, 0.3) is 11.2 Å². The topological polar surface area (TPSA) is 102 Å². The number of nitrogens with zero attached hydrogens (tertiary/aromatic N) is 7. The van der Waals surface area contributed by atoms with E-state index in [-0.39, 0.29) is 24.2 Å². The Morgan fingerprint density at radius 3 is 2.58 bits per heavy atom. The van der Waals surface area contributed by atoms with E-state index in [9.17, 15) is 4.79 Å². The van der Waals surface area contributed by atoms with Crippen LogP contribution in [0.5, 0.6) is 0 Å². The van der Waals surface area contributed by atoms with Gasteiger partial charge in [-0.15, -0.1) is 0 Å². The summed E-state index contributed by atoms with van der Waals surface area (Å²) in [6, 6.07) is 0.280. The zero-order valence-corrected chi connectivity index (χ0v) is 21.8. The first-order valence-corrected chi connectivity index (χ1v) is 12.9. The lowest BCUT2D eigenvalue weighted by Crippen LogP contribution is -2.51. The highest BCUT2D eigenvalue weighted by Crippen LogP contribution is 2.33. The van der Waals surface area contributed by atoms with Crippen molar-refractivity contribution >= 4 is 28.8 Å². The Hall–Kier alpha value is -3.43. The quantitative estimate of drug-likeness (QED) is 0.522. The van der Waals surface area contributed by atoms with Crippen LogP contribution in [0.15, 0.2) is 31.0 Å². The summed E-state index contributed by atoms with van der Waals surface area (Å²) in [6.07, 6.45) is 15.5. The molecule has 36 heavy (non-hydrogen) atoms. The lowest BCUT2D eigenvalue weighted by atomic mass is 9.93. The Balaban J connectivity index is 1.32. The molecule has 3 aromatic rings. The number of fused-ring (bicyclic) bond motifs is 1. The van der Waals surface area contributed by atoms with Gasteiger partial charge in [-0.05, 0) is 78.7 Å². The lowest BCUT2D eigenvalue weighted by Gasteiger charge is -2.42. The second-order valence-electron chi connectivity index (χ2n) is 11.0. The van der Waals surface area contributed by atoms with Crippen LogP contribution in [0.1, 0.15) is 84.9 Å². The number of carbonyl (C=O) groups is 1. The van der Waals surface area contributed by atoms with Crippen molar-refractivity contribution in [3.05, 3.63) is 36.7 Å². The van der Waals surface area contributed by atoms with E-state index in [0.29, 0.717) is 11.5 Å². The molecule has 5 rings (SSSR count). The van der Waals surface area contributed by atoms with Crippen molar-refractivity contribution in [2.75, 3.05) is 5.32 Å². The molecule has 1 saturated heterocycles. The molecular formula is C26H36N8O2. The second kappa shape index (κ2) is 9.55. The van der Waals surface area contributed by atoms with Crippen molar-refractivity contribution < 1.29 is 9.53 Å². The van der Waals surface area contributed by atoms with Gasteiger partial charge in [-0.1, -0.05) is 6.08 Å². The third kappa shape index (κ3) is 5.08. The van der Waals surface area contributed by atoms with E-state index in [1.165, 1.54) is 18.4 Å². The van der Waals surface area contributed by atoms with Gasteiger partial charge in [-0.3, -0.25) is 4.68 Å². The van der Waals surface area contributed by atoms with Gasteiger partial charge in [0.1, 0.15) is 11.9 Å². The molecule has 3 atom stereocenters. The fourth-order valence-corrected chi connectivity index (χ4v) is 5.31. The maximum absolute atomic E-state index is 12.8. The van der Waals surface area contributed by atoms with E-state index in [0.717, 1.165) is 37.1 Å². The number of allylic oxidation sites excluding steroid dienone is 2. The number of likely N-dealkylation sites (tertiary alicyclic amines) is 1. The van der Waals surface area contributed by atoms with E-state index in [1.807, 2.05) is 48.9 Å². The Kier molecular flexibility index (Phi) is 6.44. The van der Waals surface area contributed by atoms with Crippen molar-refractivity contribution in [1.29, 1.82) is 0 Å². The number of ether oxygens (including phenoxy) is 1. The molecule has 1 N–H and O–H groups in total. The first-order valence-electron chi connectivity index (χ1n) is 12.9. The van der Waals surface area contributed by atoms with Gasteiger partial charge in [0.25, 0.3) is 0 Å². The first kappa shape index (κ1) is 24.3. The third-order valence-corrected chi connectivity index (χ3v) is 6.90. The molecular weight excluding hydrogens is 456 g/mol. The normalized spacial score (nSPS) is 23.0. The Morgan fingerprint density at radius 2 is 1.89 bits per heavy atom. The van der Waals surface area contributed by atoms with Gasteiger partial charge >= 0.3 is 6.09 Å². The molecule has 1 aliphatic carbocycles. The van der Waals surface area contributed by atoms with Crippen LogP contribution < -0.4 is 5.32 Å². The number of aromatic nitrogens is 6. The molecule has 1 fully saturated rings. The van der Waals surface area contributed by atoms with Crippen LogP contribution in [-0.4, -0.2) is 58.0 Å². The molecule has 1 amide bonds. The Labute approximate surface area is 211 Å². The summed E-state index contributed by atoms with van der Waals surface area (Å²) in [5.41, 5.74) is 3.20. The Morgan fingerprint density at radius 1 is 1.11 bits per heavy atom. The van der Waals surface area contributed by atoms with Gasteiger partial charge in [0, 0.05) is 18.3 Å². The molecule has 0 radical (unpaired) electrons. The minimum Gasteiger partial charge on any atom is -0.444 e. The van der Waals surface area contributed by atoms with Crippen molar-refractivity contribution in [1.82, 2.24) is 34.3 Å². The van der Waals surface area contributed by atoms with Crippen molar-refractivity contribution in [2.45, 2.75) is 96.9 Å². The summed E-state index contributed by atoms with van der Waals surface area (Å²) in [5.74, 6) is 0.664. The summed E-state index contributed by atoms with van der Waals surface area (Å²) in [7, 11) is 0. The Bertz CT molecular complexity index is 1260. The monoisotopic (exact) mass is 492 g/mol. The largest absolute Gasteiger partial charge is 0.444 e. The molecule has 0 bridgehead atoms. The predicted molar refractivity (Wildman–Crippen MR) is 138 cm³/mol. The van der Waals surface area contributed by atoms with Gasteiger partial charge in [0.2, 0.25) is 0 Å². The maximum atomic E-state index is 12.8. The highest BCUT2D eigenvalue weighted by Gasteiger charge is 2.37. The van der Waals surface area contributed by atoms with Gasteiger partial charge in [0.15, 0.2) is 11.5 Å². The van der Waals surface area contributed by atoms with Crippen molar-refractivity contribution in [3.8, 4) is 0 Å². The summed E-state index contributed by atoms with van der Waals surface area (Å²) in [6.45, 7) is 9.85. The smallest absolute Gasteiger partial charge is 0.410 e. The zero-order valence-electron chi connectivity index (χ0n) is 21.8. The van der Waals surface area contributed by atoms with E-state index >= 15 is 0 Å². The molecule has 192 valence electrons. The molecule has 1 unspecified atom stereocenters. The maximum Gasteiger partial charge on any atom is 0.410 e. The summed E-state index contributed by atoms with van der Waals surface area (Å²) in [5, 5.41) is 12.4. The zero-order chi connectivity index (χ0) is 25.4. The predicted octanol–water partition coefficient (Wildman–Crippen LogP) is 5.37. The number of piperidine rings is 1. The van der Waals surface area contributed by atoms with Crippen LogP contribution in [-0.2, 0) is 4.74 Å². The number of hydrogen-bond acceptors (Lipinski definition) is 7. The summed E-state index contributed by atoms with van der Waals surface area (Å²) < 4.78 is 9.42. The molecule has 3 aromatic heterocycles. The number of hydrogen-bond donors (Lipinski definition) is 1. The molecule has 1 aliphatic heterocycles. The summed E-state index contributed by atoms with van der Waals surface area (Å²) >= 11 is 0. The minimum atomic E-state index is -0.509. The molecule has 4 heterocycles. The SMILES string of the molecule is C[C@@H]1CC(n2cc(Nc3nc(C4=CCCCC4)cn4ncnc34)cn2)C[C@H](C)N1C(=O)OC(C)(C)C. The number of rotatable bonds is 4. The third-order valence-electron chi connectivity index (χ3n) is 6.90. The van der Waals surface area contributed by atoms with Gasteiger partial charge < -0.3 is 15.0 Å². The lowest BCUT2D eigenvalue weighted by molar-refractivity contribution is -0.00692. The molecule has 0 saturated carbocycles. The van der Waals surface area contributed by atoms with Crippen LogP contribution in [0.2, 0.25) is 0 Å². The summed E-state index contributed by atoms with van der Waals surface area (Å²) in [4.78, 5) is 23.9. The highest BCUT2D eigenvalue weighted by molar-refractivity contribution is 5.73. The number of amides is 1. The van der Waals surface area contributed by atoms with E-state index in [2.05, 4.69) is 40.4 Å². The van der Waals surface area contributed by atoms with Crippen LogP contribution in [0, 0.1) is 0 Å². The van der Waals surface area contributed by atoms with E-state index in [1.54, 1.807) is 10.8 Å². The molecule has 0 spiro atoms. The number of anilines is 2. The van der Waals surface area contributed by atoms with Crippen LogP contribution >= 0.6 is 0 Å². The fourth-order valence-electron chi connectivity index (χ4n) is 5.31. The van der Waals surface area contributed by atoms with Crippen molar-refractivity contribution in [2.24, 2.45) is 0 Å². The average Bonchev–Trinajstić information content (AvgIpc) is 3.47. The standard InChI is InChI=1S/C26H36N8O2/c1-17-11-21(12-18(2)34(17)25(35)36-26(3,4)5)32-14-20(13-28-32)30-23-24-27-16-29-33(24)15-22(31-23)19-9-7-6-8-10-19/h9,13-18,21H,6-8,10-12H2,1-5H3,(H,30,31)/t17-,18+,21?. The highest BCUT2D eigenvalue weighted by atomic mass is 16.6. The first-order chi connectivity index (χ1) is 17.2. The minimum absolute atomic E-state index is 0.0481. The van der Waals surface area contributed by atoms with Gasteiger partial charge in [-0.25, -0.2) is 19.3 Å². The molecule has 10 nitrogen and oxygen atoms in total. The molecule has 2 aliphatic rings. The number of nitrogens with one attached hydrogen (secondary N) is 1. The van der Waals surface area contributed by atoms with E-state index in [4.69, 9.17) is 9.72 Å². The molecule has 10 heteroatoms. The van der Waals surface area contributed by atoms with Crippen molar-refractivity contribution in [3.63, 3.8) is 0 Å². The van der Waals surface area contributed by atoms with Gasteiger partial charge in [-0.2, -0.15) is 10.2 Å².